The van der Waals surface area contributed by atoms with Crippen molar-refractivity contribution in [2.24, 2.45) is 17.2 Å². The monoisotopic (exact) mass is 260 g/mol. The fraction of sp³-hybridized carbons (Fsp3) is 0.231. The fourth-order valence-corrected chi connectivity index (χ4v) is 2.20. The molecule has 1 aromatic carbocycles. The lowest BCUT2D eigenvalue weighted by Gasteiger charge is -2.07. The van der Waals surface area contributed by atoms with Crippen LogP contribution < -0.4 is 17.2 Å². The number of nitrogens with zero attached hydrogens (tertiary/aromatic N) is 1. The molecule has 2 aromatic rings. The number of para-hydroxylation sites is 1. The lowest BCUT2D eigenvalue weighted by atomic mass is 10.0. The minimum Gasteiger partial charge on any atom is -0.370 e. The summed E-state index contributed by atoms with van der Waals surface area (Å²) in [7, 11) is 0. The molecule has 0 bridgehead atoms. The molecule has 100 valence electrons. The summed E-state index contributed by atoms with van der Waals surface area (Å²) in [4.78, 5) is 22.0. The van der Waals surface area contributed by atoms with E-state index in [-0.39, 0.29) is 13.0 Å². The second-order valence-corrected chi connectivity index (χ2v) is 4.47. The molecule has 1 unspecified atom stereocenters. The van der Waals surface area contributed by atoms with Gasteiger partial charge in [-0.05, 0) is 11.6 Å². The van der Waals surface area contributed by atoms with Crippen molar-refractivity contribution < 1.29 is 9.59 Å². The van der Waals surface area contributed by atoms with Crippen molar-refractivity contribution in [3.63, 3.8) is 0 Å². The Morgan fingerprint density at radius 2 is 1.84 bits per heavy atom. The Balaban J connectivity index is 2.49. The largest absolute Gasteiger partial charge is 0.370 e. The topological polar surface area (TPSA) is 117 Å². The molecule has 0 saturated carbocycles. The van der Waals surface area contributed by atoms with E-state index < -0.39 is 17.9 Å². The maximum absolute atomic E-state index is 11.1. The number of hydrogen-bond donors (Lipinski definition) is 3. The van der Waals surface area contributed by atoms with Crippen molar-refractivity contribution in [1.29, 1.82) is 0 Å². The molecule has 1 aromatic heterocycles. The van der Waals surface area contributed by atoms with Crippen LogP contribution in [0.1, 0.15) is 18.0 Å². The van der Waals surface area contributed by atoms with Gasteiger partial charge in [0.15, 0.2) is 0 Å². The Labute approximate surface area is 110 Å². The van der Waals surface area contributed by atoms with Gasteiger partial charge in [-0.2, -0.15) is 0 Å². The van der Waals surface area contributed by atoms with Crippen LogP contribution in [0.4, 0.5) is 0 Å². The molecule has 0 aliphatic rings. The van der Waals surface area contributed by atoms with Crippen molar-refractivity contribution in [3.8, 4) is 0 Å². The number of hydrogen-bond acceptors (Lipinski definition) is 3. The third kappa shape index (κ3) is 2.74. The minimum absolute atomic E-state index is 0.0601. The molecule has 0 radical (unpaired) electrons. The molecule has 0 saturated heterocycles. The highest BCUT2D eigenvalue weighted by Gasteiger charge is 2.16. The van der Waals surface area contributed by atoms with Gasteiger partial charge >= 0.3 is 0 Å². The van der Waals surface area contributed by atoms with Gasteiger partial charge in [0.25, 0.3) is 0 Å². The zero-order chi connectivity index (χ0) is 14.0. The molecule has 1 heterocycles. The quantitative estimate of drug-likeness (QED) is 0.702. The Kier molecular flexibility index (Phi) is 3.52. The van der Waals surface area contributed by atoms with E-state index in [0.717, 1.165) is 16.5 Å². The molecule has 19 heavy (non-hydrogen) atoms. The Hall–Kier alpha value is -2.34. The van der Waals surface area contributed by atoms with E-state index in [1.54, 1.807) is 10.8 Å². The standard InChI is InChI=1S/C13H16N4O2/c14-10(5-12(15)18)9-6-17(7-13(16)19)11-4-2-1-3-8(9)11/h1-4,6,10H,5,7,14H2,(H2,15,18)(H2,16,19). The number of rotatable bonds is 5. The molecule has 2 rings (SSSR count). The summed E-state index contributed by atoms with van der Waals surface area (Å²) in [6.45, 7) is 0.0732. The highest BCUT2D eigenvalue weighted by Crippen LogP contribution is 2.26. The van der Waals surface area contributed by atoms with Crippen LogP contribution in [-0.4, -0.2) is 16.4 Å². The summed E-state index contributed by atoms with van der Waals surface area (Å²) in [6.07, 6.45) is 1.81. The highest BCUT2D eigenvalue weighted by atomic mass is 16.1. The predicted octanol–water partition coefficient (Wildman–Crippen LogP) is 0.00180. The summed E-state index contributed by atoms with van der Waals surface area (Å²) in [5.41, 5.74) is 18.0. The van der Waals surface area contributed by atoms with Crippen LogP contribution in [0.2, 0.25) is 0 Å². The summed E-state index contributed by atoms with van der Waals surface area (Å²) < 4.78 is 1.73. The zero-order valence-electron chi connectivity index (χ0n) is 10.4. The second kappa shape index (κ2) is 5.11. The number of carbonyl (C=O) groups excluding carboxylic acids is 2. The van der Waals surface area contributed by atoms with Crippen LogP contribution in [0.15, 0.2) is 30.5 Å². The SMILES string of the molecule is NC(=O)CC(N)c1cn(CC(N)=O)c2ccccc12. The third-order valence-electron chi connectivity index (χ3n) is 2.97. The normalized spacial score (nSPS) is 12.5. The first kappa shape index (κ1) is 13.1. The maximum Gasteiger partial charge on any atom is 0.237 e. The van der Waals surface area contributed by atoms with Gasteiger partial charge < -0.3 is 21.8 Å². The van der Waals surface area contributed by atoms with E-state index >= 15 is 0 Å². The number of carbonyl (C=O) groups is 2. The highest BCUT2D eigenvalue weighted by molar-refractivity contribution is 5.87. The van der Waals surface area contributed by atoms with Crippen molar-refractivity contribution in [1.82, 2.24) is 4.57 Å². The summed E-state index contributed by atoms with van der Waals surface area (Å²) in [6, 6.07) is 7.01. The van der Waals surface area contributed by atoms with E-state index in [1.165, 1.54) is 0 Å². The second-order valence-electron chi connectivity index (χ2n) is 4.47. The molecule has 0 spiro atoms. The third-order valence-corrected chi connectivity index (χ3v) is 2.97. The first-order valence-electron chi connectivity index (χ1n) is 5.89. The molecule has 6 nitrogen and oxygen atoms in total. The van der Waals surface area contributed by atoms with E-state index in [4.69, 9.17) is 17.2 Å². The summed E-state index contributed by atoms with van der Waals surface area (Å²) in [5, 5.41) is 0.900. The average Bonchev–Trinajstić information content (AvgIpc) is 2.67. The van der Waals surface area contributed by atoms with Gasteiger partial charge in [-0.25, -0.2) is 0 Å². The smallest absolute Gasteiger partial charge is 0.237 e. The van der Waals surface area contributed by atoms with E-state index in [1.807, 2.05) is 24.3 Å². The number of primary amides is 2. The van der Waals surface area contributed by atoms with Gasteiger partial charge in [-0.3, -0.25) is 9.59 Å². The van der Waals surface area contributed by atoms with Crippen molar-refractivity contribution >= 4 is 22.7 Å². The number of nitrogens with two attached hydrogens (primary N) is 3. The van der Waals surface area contributed by atoms with Crippen molar-refractivity contribution in [2.75, 3.05) is 0 Å². The number of benzene rings is 1. The molecular weight excluding hydrogens is 244 g/mol. The average molecular weight is 260 g/mol. The van der Waals surface area contributed by atoms with Gasteiger partial charge in [0.1, 0.15) is 6.54 Å². The molecular formula is C13H16N4O2. The van der Waals surface area contributed by atoms with Gasteiger partial charge in [0, 0.05) is 29.6 Å². The lowest BCUT2D eigenvalue weighted by Crippen LogP contribution is -2.21. The van der Waals surface area contributed by atoms with Crippen LogP contribution in [0, 0.1) is 0 Å². The van der Waals surface area contributed by atoms with Gasteiger partial charge in [-0.1, -0.05) is 18.2 Å². The first-order chi connectivity index (χ1) is 8.99. The zero-order valence-corrected chi connectivity index (χ0v) is 10.4. The lowest BCUT2D eigenvalue weighted by molar-refractivity contribution is -0.119. The molecule has 6 heteroatoms. The summed E-state index contributed by atoms with van der Waals surface area (Å²) >= 11 is 0. The molecule has 0 fully saturated rings. The van der Waals surface area contributed by atoms with Crippen LogP contribution >= 0.6 is 0 Å². The molecule has 1 atom stereocenters. The number of fused-ring (bicyclic) bond motifs is 1. The van der Waals surface area contributed by atoms with E-state index in [2.05, 4.69) is 0 Å². The van der Waals surface area contributed by atoms with Gasteiger partial charge in [-0.15, -0.1) is 0 Å². The van der Waals surface area contributed by atoms with Crippen molar-refractivity contribution in [3.05, 3.63) is 36.0 Å². The Bertz CT molecular complexity index is 633. The predicted molar refractivity (Wildman–Crippen MR) is 71.9 cm³/mol. The first-order valence-corrected chi connectivity index (χ1v) is 5.89. The van der Waals surface area contributed by atoms with Gasteiger partial charge in [0.05, 0.1) is 0 Å². The van der Waals surface area contributed by atoms with Crippen LogP contribution in [0.5, 0.6) is 0 Å². The molecule has 0 aliphatic carbocycles. The van der Waals surface area contributed by atoms with E-state index in [0.29, 0.717) is 0 Å². The maximum atomic E-state index is 11.1. The Morgan fingerprint density at radius 1 is 1.16 bits per heavy atom. The van der Waals surface area contributed by atoms with E-state index in [9.17, 15) is 9.59 Å². The van der Waals surface area contributed by atoms with Crippen LogP contribution in [0.3, 0.4) is 0 Å². The van der Waals surface area contributed by atoms with Crippen LogP contribution in [-0.2, 0) is 16.1 Å². The van der Waals surface area contributed by atoms with Crippen LogP contribution in [0.25, 0.3) is 10.9 Å². The minimum atomic E-state index is -0.489. The molecule has 6 N–H and O–H groups in total. The molecule has 0 aliphatic heterocycles. The van der Waals surface area contributed by atoms with Gasteiger partial charge in [0.2, 0.25) is 11.8 Å². The number of aromatic nitrogens is 1. The van der Waals surface area contributed by atoms with Crippen molar-refractivity contribution in [2.45, 2.75) is 19.0 Å². The summed E-state index contributed by atoms with van der Waals surface area (Å²) in [5.74, 6) is -0.894. The Morgan fingerprint density at radius 3 is 2.47 bits per heavy atom. The molecule has 2 amide bonds. The fourth-order valence-electron chi connectivity index (χ4n) is 2.20. The number of amides is 2.